The highest BCUT2D eigenvalue weighted by molar-refractivity contribution is 5.77. The van der Waals surface area contributed by atoms with Gasteiger partial charge in [0.15, 0.2) is 0 Å². The molecule has 0 aliphatic carbocycles. The van der Waals surface area contributed by atoms with Crippen molar-refractivity contribution < 1.29 is 9.53 Å². The Balaban J connectivity index is 2.28. The van der Waals surface area contributed by atoms with Gasteiger partial charge in [0.1, 0.15) is 6.61 Å². The van der Waals surface area contributed by atoms with E-state index in [9.17, 15) is 4.79 Å². The molecule has 0 saturated carbocycles. The second kappa shape index (κ2) is 9.42. The van der Waals surface area contributed by atoms with Crippen LogP contribution in [-0.4, -0.2) is 49.7 Å². The Morgan fingerprint density at radius 2 is 1.67 bits per heavy atom. The van der Waals surface area contributed by atoms with Crippen LogP contribution in [0.2, 0.25) is 0 Å². The zero-order valence-electron chi connectivity index (χ0n) is 14.5. The monoisotopic (exact) mass is 298 g/mol. The number of piperidine rings is 1. The van der Waals surface area contributed by atoms with Crippen LogP contribution >= 0.6 is 0 Å². The molecule has 0 unspecified atom stereocenters. The number of hydrogen-bond acceptors (Lipinski definition) is 3. The second-order valence-corrected chi connectivity index (χ2v) is 7.34. The van der Waals surface area contributed by atoms with Gasteiger partial charge in [0, 0.05) is 6.04 Å². The average molecular weight is 298 g/mol. The third kappa shape index (κ3) is 8.42. The Bertz CT molecular complexity index is 287. The minimum Gasteiger partial charge on any atom is -0.368 e. The zero-order chi connectivity index (χ0) is 15.8. The lowest BCUT2D eigenvalue weighted by Gasteiger charge is -2.29. The summed E-state index contributed by atoms with van der Waals surface area (Å²) < 4.78 is 5.87. The average Bonchev–Trinajstić information content (AvgIpc) is 2.37. The van der Waals surface area contributed by atoms with Crippen molar-refractivity contribution in [1.82, 2.24) is 10.2 Å². The van der Waals surface area contributed by atoms with E-state index in [0.717, 1.165) is 38.8 Å². The molecule has 1 heterocycles. The molecule has 0 bridgehead atoms. The van der Waals surface area contributed by atoms with E-state index in [1.807, 2.05) is 0 Å². The van der Waals surface area contributed by atoms with E-state index in [1.165, 1.54) is 0 Å². The first-order valence-electron chi connectivity index (χ1n) is 8.46. The second-order valence-electron chi connectivity index (χ2n) is 7.34. The van der Waals surface area contributed by atoms with Crippen LogP contribution in [0.5, 0.6) is 0 Å². The third-order valence-electron chi connectivity index (χ3n) is 4.00. The highest BCUT2D eigenvalue weighted by Gasteiger charge is 2.20. The normalized spacial score (nSPS) is 17.9. The van der Waals surface area contributed by atoms with Crippen molar-refractivity contribution in [2.45, 2.75) is 65.5 Å². The van der Waals surface area contributed by atoms with E-state index in [0.29, 0.717) is 17.9 Å². The maximum absolute atomic E-state index is 12.0. The van der Waals surface area contributed by atoms with Crippen molar-refractivity contribution in [3.8, 4) is 0 Å². The summed E-state index contributed by atoms with van der Waals surface area (Å²) in [6.45, 7) is 11.1. The van der Waals surface area contributed by atoms with E-state index < -0.39 is 0 Å². The van der Waals surface area contributed by atoms with Crippen molar-refractivity contribution >= 4 is 5.91 Å². The molecule has 0 atom stereocenters. The summed E-state index contributed by atoms with van der Waals surface area (Å²) >= 11 is 0. The molecule has 1 saturated heterocycles. The molecule has 1 aliphatic rings. The quantitative estimate of drug-likeness (QED) is 0.749. The van der Waals surface area contributed by atoms with Crippen LogP contribution in [-0.2, 0) is 9.53 Å². The fraction of sp³-hybridized carbons (Fsp3) is 0.941. The highest BCUT2D eigenvalue weighted by Crippen LogP contribution is 2.16. The van der Waals surface area contributed by atoms with Gasteiger partial charge in [0.25, 0.3) is 0 Å². The number of nitrogens with one attached hydrogen (secondary N) is 1. The summed E-state index contributed by atoms with van der Waals surface area (Å²) in [5, 5.41) is 3.11. The van der Waals surface area contributed by atoms with Gasteiger partial charge in [-0.1, -0.05) is 27.7 Å². The number of carbonyl (C=O) groups is 1. The van der Waals surface area contributed by atoms with Gasteiger partial charge >= 0.3 is 0 Å². The van der Waals surface area contributed by atoms with E-state index in [-0.39, 0.29) is 18.6 Å². The van der Waals surface area contributed by atoms with Gasteiger partial charge < -0.3 is 15.0 Å². The predicted octanol–water partition coefficient (Wildman–Crippen LogP) is 2.67. The van der Waals surface area contributed by atoms with Crippen molar-refractivity contribution in [3.63, 3.8) is 0 Å². The van der Waals surface area contributed by atoms with Crippen LogP contribution in [0.3, 0.4) is 0 Å². The summed E-state index contributed by atoms with van der Waals surface area (Å²) in [6, 6.07) is 0.325. The van der Waals surface area contributed by atoms with Crippen LogP contribution in [0, 0.1) is 11.8 Å². The lowest BCUT2D eigenvalue weighted by atomic mass is 9.98. The molecule has 1 fully saturated rings. The first kappa shape index (κ1) is 18.4. The maximum atomic E-state index is 12.0. The molecule has 21 heavy (non-hydrogen) atoms. The lowest BCUT2D eigenvalue weighted by molar-refractivity contribution is -0.129. The van der Waals surface area contributed by atoms with Crippen molar-refractivity contribution in [3.05, 3.63) is 0 Å². The molecular formula is C17H34N2O2. The van der Waals surface area contributed by atoms with Crippen LogP contribution in [0.1, 0.15) is 53.4 Å². The van der Waals surface area contributed by atoms with E-state index in [4.69, 9.17) is 4.74 Å². The van der Waals surface area contributed by atoms with E-state index in [2.05, 4.69) is 45.0 Å². The Morgan fingerprint density at radius 3 is 2.14 bits per heavy atom. The Hall–Kier alpha value is -0.610. The number of carbonyl (C=O) groups excluding carboxylic acids is 1. The molecule has 1 rings (SSSR count). The summed E-state index contributed by atoms with van der Waals surface area (Å²) in [7, 11) is 2.13. The van der Waals surface area contributed by atoms with Gasteiger partial charge in [0.2, 0.25) is 5.91 Å². The van der Waals surface area contributed by atoms with Crippen molar-refractivity contribution in [2.75, 3.05) is 26.7 Å². The number of amides is 1. The third-order valence-corrected chi connectivity index (χ3v) is 4.00. The molecule has 0 aromatic rings. The Kier molecular flexibility index (Phi) is 8.27. The van der Waals surface area contributed by atoms with Gasteiger partial charge in [-0.3, -0.25) is 4.79 Å². The SMILES string of the molecule is CC(C)CC(CC(C)C)OCC(=O)NC1CCN(C)CC1. The molecule has 124 valence electrons. The molecule has 0 radical (unpaired) electrons. The number of likely N-dealkylation sites (tertiary alicyclic amines) is 1. The van der Waals surface area contributed by atoms with Gasteiger partial charge in [-0.15, -0.1) is 0 Å². The first-order chi connectivity index (χ1) is 9.86. The largest absolute Gasteiger partial charge is 0.368 e. The van der Waals surface area contributed by atoms with Crippen LogP contribution in [0.25, 0.3) is 0 Å². The van der Waals surface area contributed by atoms with Gasteiger partial charge in [-0.05, 0) is 57.7 Å². The number of rotatable bonds is 8. The standard InChI is InChI=1S/C17H34N2O2/c1-13(2)10-16(11-14(3)4)21-12-17(20)18-15-6-8-19(5)9-7-15/h13-16H,6-12H2,1-5H3,(H,18,20). The molecule has 1 N–H and O–H groups in total. The Labute approximate surface area is 130 Å². The van der Waals surface area contributed by atoms with Crippen LogP contribution in [0.15, 0.2) is 0 Å². The minimum atomic E-state index is 0.0436. The highest BCUT2D eigenvalue weighted by atomic mass is 16.5. The minimum absolute atomic E-state index is 0.0436. The smallest absolute Gasteiger partial charge is 0.246 e. The lowest BCUT2D eigenvalue weighted by Crippen LogP contribution is -2.44. The van der Waals surface area contributed by atoms with Crippen molar-refractivity contribution in [1.29, 1.82) is 0 Å². The Morgan fingerprint density at radius 1 is 1.14 bits per heavy atom. The first-order valence-corrected chi connectivity index (χ1v) is 8.46. The number of nitrogens with zero attached hydrogens (tertiary/aromatic N) is 1. The molecule has 1 amide bonds. The van der Waals surface area contributed by atoms with Gasteiger partial charge in [-0.2, -0.15) is 0 Å². The molecule has 0 spiro atoms. The van der Waals surface area contributed by atoms with Crippen molar-refractivity contribution in [2.24, 2.45) is 11.8 Å². The van der Waals surface area contributed by atoms with Gasteiger partial charge in [-0.25, -0.2) is 0 Å². The summed E-state index contributed by atoms with van der Waals surface area (Å²) in [5.74, 6) is 1.25. The topological polar surface area (TPSA) is 41.6 Å². The van der Waals surface area contributed by atoms with Crippen LogP contribution in [0.4, 0.5) is 0 Å². The fourth-order valence-electron chi connectivity index (χ4n) is 2.90. The maximum Gasteiger partial charge on any atom is 0.246 e. The summed E-state index contributed by atoms with van der Waals surface area (Å²) in [6.07, 6.45) is 4.35. The number of hydrogen-bond donors (Lipinski definition) is 1. The molecule has 1 aliphatic heterocycles. The van der Waals surface area contributed by atoms with E-state index in [1.54, 1.807) is 0 Å². The van der Waals surface area contributed by atoms with Crippen LogP contribution < -0.4 is 5.32 Å². The summed E-state index contributed by atoms with van der Waals surface area (Å²) in [4.78, 5) is 14.3. The summed E-state index contributed by atoms with van der Waals surface area (Å²) in [5.41, 5.74) is 0. The fourth-order valence-corrected chi connectivity index (χ4v) is 2.90. The molecule has 0 aromatic carbocycles. The molecule has 4 heteroatoms. The predicted molar refractivity (Wildman–Crippen MR) is 87.3 cm³/mol. The van der Waals surface area contributed by atoms with Gasteiger partial charge in [0.05, 0.1) is 6.10 Å². The number of ether oxygens (including phenoxy) is 1. The molecule has 4 nitrogen and oxygen atoms in total. The molecule has 0 aromatic heterocycles. The van der Waals surface area contributed by atoms with E-state index >= 15 is 0 Å². The molecular weight excluding hydrogens is 264 g/mol. The zero-order valence-corrected chi connectivity index (χ0v) is 14.5.